The Bertz CT molecular complexity index is 276. The molecule has 0 aliphatic carbocycles. The number of nitrogens with zero attached hydrogens (tertiary/aromatic N) is 4. The fourth-order valence-electron chi connectivity index (χ4n) is 2.66. The standard InChI is InChI=1S/2C8H18N2.W/c2*1-7(2)10(6-5-9)8(3)4;/h2*7-8H,5-6H2,1-4H3;. The van der Waals surface area contributed by atoms with Crippen LogP contribution in [0, 0.1) is 0 Å². The average molecular weight is 468 g/mol. The van der Waals surface area contributed by atoms with Crippen molar-refractivity contribution in [3.05, 3.63) is 0 Å². The van der Waals surface area contributed by atoms with Crippen LogP contribution in [0.15, 0.2) is 6.99 Å². The Hall–Kier alpha value is 0.208. The van der Waals surface area contributed by atoms with Gasteiger partial charge in [0.05, 0.1) is 0 Å². The molecule has 0 bridgehead atoms. The molecule has 5 heteroatoms. The normalized spacial score (nSPS) is 12.3. The van der Waals surface area contributed by atoms with Crippen molar-refractivity contribution in [3.8, 4) is 0 Å². The van der Waals surface area contributed by atoms with Gasteiger partial charge in [-0.05, 0) is 0 Å². The molecule has 0 fully saturated rings. The third-order valence-electron chi connectivity index (χ3n) is 3.67. The van der Waals surface area contributed by atoms with Crippen LogP contribution >= 0.6 is 0 Å². The molecule has 0 heterocycles. The van der Waals surface area contributed by atoms with Crippen LogP contribution < -0.4 is 0 Å². The summed E-state index contributed by atoms with van der Waals surface area (Å²) in [6.45, 7) is 22.2. The SMILES string of the molecule is CC(C)N(CC[N]=[W]=[N]CCN(C(C)C)C(C)C)C(C)C. The van der Waals surface area contributed by atoms with Gasteiger partial charge in [0.25, 0.3) is 0 Å². The van der Waals surface area contributed by atoms with E-state index in [0.717, 1.165) is 26.2 Å². The third kappa shape index (κ3) is 9.75. The average Bonchev–Trinajstić information content (AvgIpc) is 2.34. The van der Waals surface area contributed by atoms with Gasteiger partial charge in [0.1, 0.15) is 0 Å². The first-order chi connectivity index (χ1) is 9.77. The quantitative estimate of drug-likeness (QED) is 0.490. The summed E-state index contributed by atoms with van der Waals surface area (Å²) in [5.41, 5.74) is 0. The molecule has 0 rings (SSSR count). The van der Waals surface area contributed by atoms with E-state index in [1.807, 2.05) is 0 Å². The molecule has 21 heavy (non-hydrogen) atoms. The van der Waals surface area contributed by atoms with Gasteiger partial charge in [-0.15, -0.1) is 0 Å². The number of hydrogen-bond donors (Lipinski definition) is 0. The number of hydrogen-bond acceptors (Lipinski definition) is 4. The van der Waals surface area contributed by atoms with E-state index in [1.54, 1.807) is 0 Å². The van der Waals surface area contributed by atoms with Crippen molar-refractivity contribution >= 4 is 0 Å². The van der Waals surface area contributed by atoms with E-state index in [0.29, 0.717) is 24.2 Å². The molecule has 126 valence electrons. The van der Waals surface area contributed by atoms with E-state index >= 15 is 0 Å². The molecular formula is C16H36N4W. The van der Waals surface area contributed by atoms with Gasteiger partial charge in [-0.25, -0.2) is 0 Å². The van der Waals surface area contributed by atoms with Gasteiger partial charge in [0.15, 0.2) is 0 Å². The second kappa shape index (κ2) is 11.7. The molecule has 0 aromatic carbocycles. The zero-order valence-corrected chi connectivity index (χ0v) is 18.3. The molecule has 0 unspecified atom stereocenters. The minimum atomic E-state index is -0.821. The molecule has 0 amide bonds. The van der Waals surface area contributed by atoms with Crippen molar-refractivity contribution in [3.63, 3.8) is 0 Å². The van der Waals surface area contributed by atoms with Crippen LogP contribution in [0.5, 0.6) is 0 Å². The van der Waals surface area contributed by atoms with Crippen LogP contribution in [-0.2, 0) is 18.2 Å². The zero-order chi connectivity index (χ0) is 16.4. The molecule has 0 aliphatic heterocycles. The molecule has 0 radical (unpaired) electrons. The molecule has 4 nitrogen and oxygen atoms in total. The molecular weight excluding hydrogens is 432 g/mol. The van der Waals surface area contributed by atoms with Gasteiger partial charge in [0, 0.05) is 0 Å². The Morgan fingerprint density at radius 1 is 0.619 bits per heavy atom. The van der Waals surface area contributed by atoms with E-state index < -0.39 is 18.2 Å². The first kappa shape index (κ1) is 21.2. The van der Waals surface area contributed by atoms with Gasteiger partial charge in [-0.3, -0.25) is 0 Å². The van der Waals surface area contributed by atoms with Gasteiger partial charge in [-0.1, -0.05) is 0 Å². The first-order valence-electron chi connectivity index (χ1n) is 8.28. The maximum absolute atomic E-state index is 4.70. The Balaban J connectivity index is 4.09. The van der Waals surface area contributed by atoms with Crippen LogP contribution in [0.2, 0.25) is 0 Å². The van der Waals surface area contributed by atoms with Crippen LogP contribution in [0.25, 0.3) is 0 Å². The van der Waals surface area contributed by atoms with Crippen molar-refractivity contribution in [1.82, 2.24) is 9.80 Å². The Kier molecular flexibility index (Phi) is 11.8. The van der Waals surface area contributed by atoms with E-state index in [1.165, 1.54) is 0 Å². The molecule has 0 saturated carbocycles. The van der Waals surface area contributed by atoms with Crippen molar-refractivity contribution in [2.75, 3.05) is 26.2 Å². The maximum atomic E-state index is 4.70. The predicted octanol–water partition coefficient (Wildman–Crippen LogP) is 3.67. The monoisotopic (exact) mass is 468 g/mol. The Labute approximate surface area is 140 Å². The molecule has 0 aliphatic rings. The topological polar surface area (TPSA) is 31.2 Å². The van der Waals surface area contributed by atoms with E-state index in [2.05, 4.69) is 65.2 Å². The summed E-state index contributed by atoms with van der Waals surface area (Å²) in [4.78, 5) is 5.00. The van der Waals surface area contributed by atoms with Crippen LogP contribution in [0.1, 0.15) is 55.4 Å². The summed E-state index contributed by atoms with van der Waals surface area (Å²) >= 11 is -0.821. The summed E-state index contributed by atoms with van der Waals surface area (Å²) in [6, 6.07) is 2.42. The fraction of sp³-hybridized carbons (Fsp3) is 1.00. The fourth-order valence-corrected chi connectivity index (χ4v) is 4.13. The van der Waals surface area contributed by atoms with E-state index in [9.17, 15) is 0 Å². The zero-order valence-electron chi connectivity index (χ0n) is 15.3. The first-order valence-corrected chi connectivity index (χ1v) is 10.9. The summed E-state index contributed by atoms with van der Waals surface area (Å²) in [7, 11) is 0. The summed E-state index contributed by atoms with van der Waals surface area (Å²) in [5, 5.41) is 0. The van der Waals surface area contributed by atoms with Crippen LogP contribution in [-0.4, -0.2) is 60.1 Å². The molecule has 0 spiro atoms. The predicted molar refractivity (Wildman–Crippen MR) is 88.5 cm³/mol. The summed E-state index contributed by atoms with van der Waals surface area (Å²) in [6.07, 6.45) is 0. The van der Waals surface area contributed by atoms with Crippen molar-refractivity contribution < 1.29 is 18.2 Å². The van der Waals surface area contributed by atoms with Gasteiger partial charge >= 0.3 is 141 Å². The second-order valence-corrected chi connectivity index (χ2v) is 9.08. The summed E-state index contributed by atoms with van der Waals surface area (Å²) < 4.78 is 9.40. The van der Waals surface area contributed by atoms with Crippen LogP contribution in [0.3, 0.4) is 0 Å². The minimum absolute atomic E-state index is 0.604. The molecule has 0 aromatic heterocycles. The Morgan fingerprint density at radius 3 is 1.14 bits per heavy atom. The van der Waals surface area contributed by atoms with Gasteiger partial charge in [0.2, 0.25) is 0 Å². The molecule has 0 saturated heterocycles. The van der Waals surface area contributed by atoms with Crippen molar-refractivity contribution in [2.24, 2.45) is 6.99 Å². The summed E-state index contributed by atoms with van der Waals surface area (Å²) in [5.74, 6) is 0. The second-order valence-electron chi connectivity index (χ2n) is 6.64. The third-order valence-corrected chi connectivity index (χ3v) is 5.81. The number of rotatable bonds is 10. The van der Waals surface area contributed by atoms with Crippen molar-refractivity contribution in [1.29, 1.82) is 0 Å². The van der Waals surface area contributed by atoms with Gasteiger partial charge in [-0.2, -0.15) is 0 Å². The van der Waals surface area contributed by atoms with E-state index in [4.69, 9.17) is 6.99 Å². The molecule has 0 atom stereocenters. The molecule has 0 N–H and O–H groups in total. The molecule has 0 aromatic rings. The Morgan fingerprint density at radius 2 is 0.905 bits per heavy atom. The van der Waals surface area contributed by atoms with Crippen molar-refractivity contribution in [2.45, 2.75) is 79.6 Å². The van der Waals surface area contributed by atoms with E-state index in [-0.39, 0.29) is 0 Å². The van der Waals surface area contributed by atoms with Gasteiger partial charge < -0.3 is 0 Å². The van der Waals surface area contributed by atoms with Crippen LogP contribution in [0.4, 0.5) is 0 Å².